The van der Waals surface area contributed by atoms with Crippen LogP contribution in [0, 0.1) is 16.2 Å². The Kier molecular flexibility index (Phi) is 4.79. The highest BCUT2D eigenvalue weighted by molar-refractivity contribution is 5.04. The highest BCUT2D eigenvalue weighted by Gasteiger charge is 2.54. The summed E-state index contributed by atoms with van der Waals surface area (Å²) in [5.74, 6) is 0. The van der Waals surface area contributed by atoms with E-state index in [0.717, 1.165) is 38.5 Å². The minimum Gasteiger partial charge on any atom is -0.251 e. The Bertz CT molecular complexity index is 269. The molecule has 1 rings (SSSR count). The van der Waals surface area contributed by atoms with E-state index in [1.54, 1.807) is 0 Å². The van der Waals surface area contributed by atoms with Crippen LogP contribution in [0.2, 0.25) is 0 Å². The molecule has 0 heterocycles. The summed E-state index contributed by atoms with van der Waals surface area (Å²) >= 11 is 0. The lowest BCUT2D eigenvalue weighted by atomic mass is 9.47. The van der Waals surface area contributed by atoms with Gasteiger partial charge in [-0.25, -0.2) is 4.89 Å². The third-order valence-electron chi connectivity index (χ3n) is 5.79. The van der Waals surface area contributed by atoms with E-state index >= 15 is 0 Å². The molecule has 0 radical (unpaired) electrons. The van der Waals surface area contributed by atoms with Crippen molar-refractivity contribution < 1.29 is 10.1 Å². The summed E-state index contributed by atoms with van der Waals surface area (Å²) in [6.07, 6.45) is 6.27. The van der Waals surface area contributed by atoms with E-state index in [1.807, 2.05) is 0 Å². The standard InChI is InChI=1S/C17H34O2/c1-8-9-16(19-18)10-12-17(13-11-16,14(2,3)4)15(5,6)7/h18H,8-13H2,1-7H3. The van der Waals surface area contributed by atoms with Crippen molar-refractivity contribution in [2.24, 2.45) is 16.2 Å². The van der Waals surface area contributed by atoms with Crippen LogP contribution in [-0.4, -0.2) is 10.9 Å². The van der Waals surface area contributed by atoms with Crippen molar-refractivity contribution in [1.29, 1.82) is 0 Å². The van der Waals surface area contributed by atoms with Gasteiger partial charge in [0, 0.05) is 0 Å². The number of rotatable bonds is 3. The van der Waals surface area contributed by atoms with Crippen molar-refractivity contribution in [3.63, 3.8) is 0 Å². The minimum absolute atomic E-state index is 0.277. The van der Waals surface area contributed by atoms with Crippen molar-refractivity contribution in [3.05, 3.63) is 0 Å². The fourth-order valence-corrected chi connectivity index (χ4v) is 4.60. The van der Waals surface area contributed by atoms with Gasteiger partial charge < -0.3 is 0 Å². The summed E-state index contributed by atoms with van der Waals surface area (Å²) in [5, 5.41) is 9.35. The lowest BCUT2D eigenvalue weighted by Gasteiger charge is -2.58. The van der Waals surface area contributed by atoms with E-state index in [9.17, 15) is 5.26 Å². The first-order valence-corrected chi connectivity index (χ1v) is 7.86. The molecule has 0 aliphatic heterocycles. The van der Waals surface area contributed by atoms with Crippen molar-refractivity contribution in [1.82, 2.24) is 0 Å². The minimum atomic E-state index is -0.283. The first-order valence-electron chi connectivity index (χ1n) is 7.86. The average Bonchev–Trinajstić information content (AvgIpc) is 2.27. The predicted octanol–water partition coefficient (Wildman–Crippen LogP) is 5.67. The molecule has 1 saturated carbocycles. The van der Waals surface area contributed by atoms with Gasteiger partial charge >= 0.3 is 0 Å². The van der Waals surface area contributed by atoms with Crippen LogP contribution in [0.15, 0.2) is 0 Å². The molecule has 2 heteroatoms. The van der Waals surface area contributed by atoms with Gasteiger partial charge in [-0.05, 0) is 48.3 Å². The molecular formula is C17H34O2. The molecule has 0 unspecified atom stereocenters. The molecule has 19 heavy (non-hydrogen) atoms. The van der Waals surface area contributed by atoms with Crippen molar-refractivity contribution in [2.45, 2.75) is 92.6 Å². The molecule has 0 bridgehead atoms. The maximum absolute atomic E-state index is 9.35. The molecule has 1 aliphatic rings. The van der Waals surface area contributed by atoms with Crippen molar-refractivity contribution in [2.75, 3.05) is 0 Å². The zero-order valence-electron chi connectivity index (χ0n) is 14.1. The summed E-state index contributed by atoms with van der Waals surface area (Å²) in [6.45, 7) is 16.4. The normalized spacial score (nSPS) is 23.4. The van der Waals surface area contributed by atoms with E-state index in [2.05, 4.69) is 48.5 Å². The molecule has 0 aromatic rings. The fraction of sp³-hybridized carbons (Fsp3) is 1.00. The van der Waals surface area contributed by atoms with Gasteiger partial charge in [-0.2, -0.15) is 0 Å². The van der Waals surface area contributed by atoms with Gasteiger partial charge in [0.1, 0.15) is 5.60 Å². The molecule has 114 valence electrons. The van der Waals surface area contributed by atoms with Crippen molar-refractivity contribution >= 4 is 0 Å². The van der Waals surface area contributed by atoms with Crippen LogP contribution < -0.4 is 0 Å². The Balaban J connectivity index is 2.99. The fourth-order valence-electron chi connectivity index (χ4n) is 4.60. The highest BCUT2D eigenvalue weighted by atomic mass is 17.1. The van der Waals surface area contributed by atoms with Gasteiger partial charge in [0.25, 0.3) is 0 Å². The number of hydrogen-bond acceptors (Lipinski definition) is 2. The molecule has 1 aliphatic carbocycles. The van der Waals surface area contributed by atoms with E-state index < -0.39 is 0 Å². The molecule has 0 saturated heterocycles. The van der Waals surface area contributed by atoms with E-state index in [1.165, 1.54) is 0 Å². The Hall–Kier alpha value is -0.0800. The van der Waals surface area contributed by atoms with Crippen LogP contribution >= 0.6 is 0 Å². The number of hydrogen-bond donors (Lipinski definition) is 1. The van der Waals surface area contributed by atoms with E-state index in [4.69, 9.17) is 4.89 Å². The Morgan fingerprint density at radius 2 is 1.32 bits per heavy atom. The van der Waals surface area contributed by atoms with Gasteiger partial charge in [0.15, 0.2) is 0 Å². The monoisotopic (exact) mass is 270 g/mol. The average molecular weight is 270 g/mol. The van der Waals surface area contributed by atoms with Crippen LogP contribution in [0.25, 0.3) is 0 Å². The van der Waals surface area contributed by atoms with Crippen LogP contribution in [0.5, 0.6) is 0 Å². The van der Waals surface area contributed by atoms with Crippen LogP contribution in [0.1, 0.15) is 87.0 Å². The quantitative estimate of drug-likeness (QED) is 0.529. The summed E-state index contributed by atoms with van der Waals surface area (Å²) in [7, 11) is 0. The molecule has 1 fully saturated rings. The van der Waals surface area contributed by atoms with E-state index in [0.29, 0.717) is 5.41 Å². The van der Waals surface area contributed by atoms with Crippen LogP contribution in [0.3, 0.4) is 0 Å². The Labute approximate surface area is 119 Å². The molecule has 0 atom stereocenters. The molecular weight excluding hydrogens is 236 g/mol. The largest absolute Gasteiger partial charge is 0.251 e. The lowest BCUT2D eigenvalue weighted by molar-refractivity contribution is -0.340. The van der Waals surface area contributed by atoms with Gasteiger partial charge in [-0.15, -0.1) is 0 Å². The Morgan fingerprint density at radius 1 is 0.895 bits per heavy atom. The molecule has 2 nitrogen and oxygen atoms in total. The zero-order valence-corrected chi connectivity index (χ0v) is 14.1. The van der Waals surface area contributed by atoms with Gasteiger partial charge in [-0.1, -0.05) is 54.9 Å². The molecule has 0 amide bonds. The second-order valence-corrected chi connectivity index (χ2v) is 8.61. The third-order valence-corrected chi connectivity index (χ3v) is 5.79. The summed E-state index contributed by atoms with van der Waals surface area (Å²) in [5.41, 5.74) is 0.586. The van der Waals surface area contributed by atoms with Gasteiger partial charge in [-0.3, -0.25) is 5.26 Å². The molecule has 0 aromatic heterocycles. The summed E-state index contributed by atoms with van der Waals surface area (Å²) in [4.78, 5) is 4.94. The summed E-state index contributed by atoms with van der Waals surface area (Å²) in [6, 6.07) is 0. The molecule has 0 spiro atoms. The second-order valence-electron chi connectivity index (χ2n) is 8.61. The predicted molar refractivity (Wildman–Crippen MR) is 81.2 cm³/mol. The van der Waals surface area contributed by atoms with Crippen LogP contribution in [-0.2, 0) is 4.89 Å². The molecule has 0 aromatic carbocycles. The van der Waals surface area contributed by atoms with Gasteiger partial charge in [0.2, 0.25) is 0 Å². The highest BCUT2D eigenvalue weighted by Crippen LogP contribution is 2.61. The lowest BCUT2D eigenvalue weighted by Crippen LogP contribution is -2.52. The van der Waals surface area contributed by atoms with E-state index in [-0.39, 0.29) is 16.4 Å². The zero-order chi connectivity index (χ0) is 14.9. The first kappa shape index (κ1) is 17.0. The third kappa shape index (κ3) is 3.00. The topological polar surface area (TPSA) is 29.5 Å². The Morgan fingerprint density at radius 3 is 1.58 bits per heavy atom. The van der Waals surface area contributed by atoms with Crippen molar-refractivity contribution in [3.8, 4) is 0 Å². The smallest absolute Gasteiger partial charge is 0.103 e. The maximum Gasteiger partial charge on any atom is 0.103 e. The SMILES string of the molecule is CCCC1(OO)CCC(C(C)(C)C)(C(C)(C)C)CC1. The maximum atomic E-state index is 9.35. The van der Waals surface area contributed by atoms with Gasteiger partial charge in [0.05, 0.1) is 0 Å². The summed E-state index contributed by atoms with van der Waals surface area (Å²) < 4.78 is 0. The first-order chi connectivity index (χ1) is 8.54. The molecule has 1 N–H and O–H groups in total. The second kappa shape index (κ2) is 5.37. The van der Waals surface area contributed by atoms with Crippen LogP contribution in [0.4, 0.5) is 0 Å².